The number of anilines is 1. The number of carbonyl (C=O) groups is 2. The molecule has 0 atom stereocenters. The van der Waals surface area contributed by atoms with Gasteiger partial charge in [-0.15, -0.1) is 11.3 Å². The second kappa shape index (κ2) is 10.4. The molecule has 2 aliphatic rings. The number of rotatable bonds is 5. The first kappa shape index (κ1) is 22.0. The molecule has 2 fully saturated rings. The predicted octanol–water partition coefficient (Wildman–Crippen LogP) is 4.32. The number of likely N-dealkylation sites (tertiary alicyclic amines) is 2. The van der Waals surface area contributed by atoms with Gasteiger partial charge in [0.15, 0.2) is 0 Å². The Labute approximate surface area is 188 Å². The molecule has 1 aromatic heterocycles. The van der Waals surface area contributed by atoms with Crippen LogP contribution in [0, 0.1) is 12.8 Å². The number of thiazole rings is 1. The zero-order valence-corrected chi connectivity index (χ0v) is 19.1. The number of aromatic nitrogens is 1. The third kappa shape index (κ3) is 5.92. The van der Waals surface area contributed by atoms with Crippen LogP contribution in [0.2, 0.25) is 0 Å². The van der Waals surface area contributed by atoms with Crippen molar-refractivity contribution < 1.29 is 9.59 Å². The fourth-order valence-electron chi connectivity index (χ4n) is 4.46. The number of benzene rings is 1. The van der Waals surface area contributed by atoms with E-state index < -0.39 is 0 Å². The SMILES string of the molecule is Cc1nc(CN2CCC(C(=O)Nc3ccc(C(=O)N4CCCCCC4)cc3)CC2)cs1. The van der Waals surface area contributed by atoms with Gasteiger partial charge in [0.05, 0.1) is 10.7 Å². The lowest BCUT2D eigenvalue weighted by Crippen LogP contribution is -2.37. The number of amides is 2. The molecule has 2 saturated heterocycles. The molecule has 3 heterocycles. The summed E-state index contributed by atoms with van der Waals surface area (Å²) >= 11 is 1.69. The van der Waals surface area contributed by atoms with Crippen LogP contribution in [0.1, 0.15) is 59.6 Å². The normalized spacial score (nSPS) is 18.5. The van der Waals surface area contributed by atoms with Gasteiger partial charge >= 0.3 is 0 Å². The van der Waals surface area contributed by atoms with Crippen molar-refractivity contribution in [3.05, 3.63) is 45.9 Å². The van der Waals surface area contributed by atoms with Crippen LogP contribution in [-0.2, 0) is 11.3 Å². The Hall–Kier alpha value is -2.25. The highest BCUT2D eigenvalue weighted by molar-refractivity contribution is 7.09. The smallest absolute Gasteiger partial charge is 0.253 e. The molecule has 1 aromatic carbocycles. The first-order valence-corrected chi connectivity index (χ1v) is 12.3. The number of aryl methyl sites for hydroxylation is 1. The van der Waals surface area contributed by atoms with Crippen molar-refractivity contribution in [2.45, 2.75) is 52.0 Å². The Morgan fingerprint density at radius 3 is 2.32 bits per heavy atom. The zero-order valence-electron chi connectivity index (χ0n) is 18.3. The van der Waals surface area contributed by atoms with Gasteiger partial charge < -0.3 is 10.2 Å². The van der Waals surface area contributed by atoms with Crippen molar-refractivity contribution in [2.75, 3.05) is 31.5 Å². The molecule has 7 heteroatoms. The van der Waals surface area contributed by atoms with Crippen LogP contribution in [0.25, 0.3) is 0 Å². The molecule has 0 bridgehead atoms. The summed E-state index contributed by atoms with van der Waals surface area (Å²) < 4.78 is 0. The van der Waals surface area contributed by atoms with E-state index in [0.717, 1.165) is 74.8 Å². The van der Waals surface area contributed by atoms with Crippen LogP contribution >= 0.6 is 11.3 Å². The summed E-state index contributed by atoms with van der Waals surface area (Å²) in [6.07, 6.45) is 6.31. The molecule has 0 radical (unpaired) electrons. The second-order valence-electron chi connectivity index (χ2n) is 8.68. The van der Waals surface area contributed by atoms with E-state index in [1.165, 1.54) is 12.8 Å². The molecule has 0 aliphatic carbocycles. The van der Waals surface area contributed by atoms with E-state index in [1.807, 2.05) is 36.1 Å². The van der Waals surface area contributed by atoms with Crippen molar-refractivity contribution in [1.29, 1.82) is 0 Å². The standard InChI is InChI=1S/C24H32N4O2S/c1-18-25-22(17-31-18)16-27-14-10-19(11-15-27)23(29)26-21-8-6-20(7-9-21)24(30)28-12-4-2-3-5-13-28/h6-9,17,19H,2-5,10-16H2,1H3,(H,26,29). The quantitative estimate of drug-likeness (QED) is 0.752. The molecule has 6 nitrogen and oxygen atoms in total. The monoisotopic (exact) mass is 440 g/mol. The van der Waals surface area contributed by atoms with Crippen molar-refractivity contribution in [1.82, 2.24) is 14.8 Å². The van der Waals surface area contributed by atoms with Gasteiger partial charge in [0, 0.05) is 42.2 Å². The van der Waals surface area contributed by atoms with Crippen molar-refractivity contribution >= 4 is 28.8 Å². The minimum Gasteiger partial charge on any atom is -0.339 e. The molecule has 0 saturated carbocycles. The summed E-state index contributed by atoms with van der Waals surface area (Å²) in [5.41, 5.74) is 2.59. The van der Waals surface area contributed by atoms with Gasteiger partial charge in [0.2, 0.25) is 5.91 Å². The number of piperidine rings is 1. The molecule has 0 unspecified atom stereocenters. The van der Waals surface area contributed by atoms with Gasteiger partial charge in [0.1, 0.15) is 0 Å². The molecular formula is C24H32N4O2S. The van der Waals surface area contributed by atoms with E-state index in [1.54, 1.807) is 11.3 Å². The third-order valence-corrected chi connectivity index (χ3v) is 7.13. The lowest BCUT2D eigenvalue weighted by molar-refractivity contribution is -0.121. The predicted molar refractivity (Wildman–Crippen MR) is 124 cm³/mol. The Morgan fingerprint density at radius 2 is 1.71 bits per heavy atom. The van der Waals surface area contributed by atoms with Crippen LogP contribution in [0.5, 0.6) is 0 Å². The fourth-order valence-corrected chi connectivity index (χ4v) is 5.06. The topological polar surface area (TPSA) is 65.5 Å². The van der Waals surface area contributed by atoms with Gasteiger partial charge in [-0.2, -0.15) is 0 Å². The molecule has 2 aromatic rings. The Balaban J connectivity index is 1.25. The summed E-state index contributed by atoms with van der Waals surface area (Å²) in [5, 5.41) is 6.26. The van der Waals surface area contributed by atoms with E-state index in [-0.39, 0.29) is 17.7 Å². The maximum Gasteiger partial charge on any atom is 0.253 e. The van der Waals surface area contributed by atoms with Crippen LogP contribution in [-0.4, -0.2) is 52.8 Å². The van der Waals surface area contributed by atoms with Gasteiger partial charge in [-0.3, -0.25) is 14.5 Å². The minimum absolute atomic E-state index is 0.0341. The highest BCUT2D eigenvalue weighted by Gasteiger charge is 2.25. The first-order valence-electron chi connectivity index (χ1n) is 11.4. The van der Waals surface area contributed by atoms with Gasteiger partial charge in [-0.1, -0.05) is 12.8 Å². The van der Waals surface area contributed by atoms with E-state index in [2.05, 4.69) is 20.6 Å². The highest BCUT2D eigenvalue weighted by atomic mass is 32.1. The lowest BCUT2D eigenvalue weighted by atomic mass is 9.95. The average Bonchev–Trinajstić information content (AvgIpc) is 3.02. The van der Waals surface area contributed by atoms with Crippen LogP contribution in [0.4, 0.5) is 5.69 Å². The lowest BCUT2D eigenvalue weighted by Gasteiger charge is -2.30. The van der Waals surface area contributed by atoms with E-state index in [4.69, 9.17) is 0 Å². The number of hydrogen-bond acceptors (Lipinski definition) is 5. The molecule has 4 rings (SSSR count). The van der Waals surface area contributed by atoms with Crippen molar-refractivity contribution in [3.8, 4) is 0 Å². The van der Waals surface area contributed by atoms with Crippen LogP contribution in [0.15, 0.2) is 29.6 Å². The van der Waals surface area contributed by atoms with Crippen LogP contribution < -0.4 is 5.32 Å². The molecule has 31 heavy (non-hydrogen) atoms. The maximum absolute atomic E-state index is 12.7. The Bertz CT molecular complexity index is 879. The van der Waals surface area contributed by atoms with E-state index >= 15 is 0 Å². The van der Waals surface area contributed by atoms with Gasteiger partial charge in [0.25, 0.3) is 5.91 Å². The minimum atomic E-state index is 0.0341. The molecule has 0 spiro atoms. The number of nitrogens with one attached hydrogen (secondary N) is 1. The number of carbonyl (C=O) groups excluding carboxylic acids is 2. The molecular weight excluding hydrogens is 408 g/mol. The largest absolute Gasteiger partial charge is 0.339 e. The Morgan fingerprint density at radius 1 is 1.03 bits per heavy atom. The average molecular weight is 441 g/mol. The number of nitrogens with zero attached hydrogens (tertiary/aromatic N) is 3. The molecule has 166 valence electrons. The summed E-state index contributed by atoms with van der Waals surface area (Å²) in [7, 11) is 0. The van der Waals surface area contributed by atoms with E-state index in [0.29, 0.717) is 5.56 Å². The third-order valence-electron chi connectivity index (χ3n) is 6.30. The highest BCUT2D eigenvalue weighted by Crippen LogP contribution is 2.22. The maximum atomic E-state index is 12.7. The summed E-state index contributed by atoms with van der Waals surface area (Å²) in [4.78, 5) is 34.3. The molecule has 2 amide bonds. The molecule has 2 aliphatic heterocycles. The van der Waals surface area contributed by atoms with Crippen molar-refractivity contribution in [2.24, 2.45) is 5.92 Å². The zero-order chi connectivity index (χ0) is 21.6. The van der Waals surface area contributed by atoms with E-state index in [9.17, 15) is 9.59 Å². The Kier molecular flexibility index (Phi) is 7.35. The second-order valence-corrected chi connectivity index (χ2v) is 9.74. The summed E-state index contributed by atoms with van der Waals surface area (Å²) in [6, 6.07) is 7.37. The number of hydrogen-bond donors (Lipinski definition) is 1. The van der Waals surface area contributed by atoms with Gasteiger partial charge in [-0.05, 0) is 70.0 Å². The molecule has 1 N–H and O–H groups in total. The van der Waals surface area contributed by atoms with Crippen LogP contribution in [0.3, 0.4) is 0 Å². The van der Waals surface area contributed by atoms with Gasteiger partial charge in [-0.25, -0.2) is 4.98 Å². The summed E-state index contributed by atoms with van der Waals surface area (Å²) in [6.45, 7) is 6.42. The summed E-state index contributed by atoms with van der Waals surface area (Å²) in [5.74, 6) is 0.213. The van der Waals surface area contributed by atoms with Crippen molar-refractivity contribution in [3.63, 3.8) is 0 Å². The first-order chi connectivity index (χ1) is 15.1. The fraction of sp³-hybridized carbons (Fsp3) is 0.542.